The number of benzene rings is 2. The van der Waals surface area contributed by atoms with Gasteiger partial charge < -0.3 is 10.1 Å². The predicted molar refractivity (Wildman–Crippen MR) is 85.7 cm³/mol. The summed E-state index contributed by atoms with van der Waals surface area (Å²) >= 11 is 3.48. The van der Waals surface area contributed by atoms with E-state index in [0.29, 0.717) is 6.73 Å². The molecule has 0 fully saturated rings. The van der Waals surface area contributed by atoms with Gasteiger partial charge in [0.1, 0.15) is 5.75 Å². The molecule has 1 aliphatic heterocycles. The topological polar surface area (TPSA) is 52.0 Å². The Balaban J connectivity index is 1.71. The fourth-order valence-electron chi connectivity index (χ4n) is 2.36. The molecule has 5 heteroatoms. The molecule has 4 rings (SSSR count). The van der Waals surface area contributed by atoms with Crippen LogP contribution in [0.15, 0.2) is 53.0 Å². The van der Waals surface area contributed by atoms with E-state index < -0.39 is 0 Å². The molecule has 0 amide bonds. The molecular formula is C16H11BrN3O-. The SMILES string of the molecule is Brc1cccc(-c2cc(-c3ccc4c(c3)OC[N-]4)[nH]n2)c1. The van der Waals surface area contributed by atoms with Crippen LogP contribution in [0.2, 0.25) is 0 Å². The first-order valence-corrected chi connectivity index (χ1v) is 7.35. The number of aromatic amines is 1. The van der Waals surface area contributed by atoms with Gasteiger partial charge in [-0.25, -0.2) is 0 Å². The lowest BCUT2D eigenvalue weighted by atomic mass is 10.1. The van der Waals surface area contributed by atoms with Crippen LogP contribution in [0.4, 0.5) is 5.69 Å². The third kappa shape index (κ3) is 2.29. The van der Waals surface area contributed by atoms with Gasteiger partial charge in [-0.1, -0.05) is 45.9 Å². The first kappa shape index (κ1) is 12.5. The number of ether oxygens (including phenoxy) is 1. The number of nitrogens with one attached hydrogen (secondary N) is 1. The van der Waals surface area contributed by atoms with Gasteiger partial charge in [0.2, 0.25) is 0 Å². The van der Waals surface area contributed by atoms with Crippen LogP contribution in [0, 0.1) is 0 Å². The molecule has 0 atom stereocenters. The van der Waals surface area contributed by atoms with E-state index in [-0.39, 0.29) is 0 Å². The second kappa shape index (κ2) is 4.93. The van der Waals surface area contributed by atoms with Gasteiger partial charge in [0.25, 0.3) is 0 Å². The Morgan fingerprint density at radius 3 is 2.95 bits per heavy atom. The number of nitrogens with zero attached hydrogens (tertiary/aromatic N) is 2. The van der Waals surface area contributed by atoms with Crippen molar-refractivity contribution in [3.05, 3.63) is 58.3 Å². The molecule has 104 valence electrons. The third-order valence-corrected chi connectivity index (χ3v) is 3.92. The third-order valence-electron chi connectivity index (χ3n) is 3.42. The lowest BCUT2D eigenvalue weighted by molar-refractivity contribution is 0.380. The van der Waals surface area contributed by atoms with Crippen molar-refractivity contribution in [1.29, 1.82) is 0 Å². The summed E-state index contributed by atoms with van der Waals surface area (Å²) in [5, 5.41) is 11.7. The highest BCUT2D eigenvalue weighted by Gasteiger charge is 2.09. The second-order valence-corrected chi connectivity index (χ2v) is 5.71. The number of halogens is 1. The van der Waals surface area contributed by atoms with E-state index in [1.165, 1.54) is 0 Å². The van der Waals surface area contributed by atoms with Gasteiger partial charge in [0.15, 0.2) is 0 Å². The Kier molecular flexibility index (Phi) is 2.93. The van der Waals surface area contributed by atoms with Crippen molar-refractivity contribution >= 4 is 21.6 Å². The van der Waals surface area contributed by atoms with Crippen LogP contribution in [0.1, 0.15) is 0 Å². The van der Waals surface area contributed by atoms with E-state index >= 15 is 0 Å². The summed E-state index contributed by atoms with van der Waals surface area (Å²) in [5.41, 5.74) is 4.89. The molecule has 0 unspecified atom stereocenters. The summed E-state index contributed by atoms with van der Waals surface area (Å²) in [6, 6.07) is 16.1. The number of hydrogen-bond acceptors (Lipinski definition) is 2. The summed E-state index contributed by atoms with van der Waals surface area (Å²) in [6.07, 6.45) is 0. The maximum Gasteiger partial charge on any atom is 0.102 e. The lowest BCUT2D eigenvalue weighted by Gasteiger charge is -2.07. The van der Waals surface area contributed by atoms with Crippen molar-refractivity contribution in [3.8, 4) is 28.3 Å². The van der Waals surface area contributed by atoms with Gasteiger partial charge in [-0.3, -0.25) is 5.10 Å². The molecule has 0 aliphatic carbocycles. The smallest absolute Gasteiger partial charge is 0.102 e. The quantitative estimate of drug-likeness (QED) is 0.724. The normalized spacial score (nSPS) is 12.6. The maximum absolute atomic E-state index is 5.46. The zero-order valence-electron chi connectivity index (χ0n) is 11.0. The average molecular weight is 341 g/mol. The van der Waals surface area contributed by atoms with Crippen LogP contribution in [0.25, 0.3) is 27.8 Å². The van der Waals surface area contributed by atoms with Crippen molar-refractivity contribution in [1.82, 2.24) is 10.2 Å². The zero-order chi connectivity index (χ0) is 14.2. The van der Waals surface area contributed by atoms with Gasteiger partial charge in [0, 0.05) is 22.3 Å². The molecule has 0 saturated carbocycles. The Labute approximate surface area is 130 Å². The van der Waals surface area contributed by atoms with Gasteiger partial charge in [-0.15, -0.1) is 0 Å². The molecule has 0 bridgehead atoms. The van der Waals surface area contributed by atoms with Crippen molar-refractivity contribution < 1.29 is 4.74 Å². The molecule has 1 aliphatic rings. The Morgan fingerprint density at radius 2 is 2.05 bits per heavy atom. The summed E-state index contributed by atoms with van der Waals surface area (Å²) in [4.78, 5) is 0. The van der Waals surface area contributed by atoms with Crippen LogP contribution in [-0.4, -0.2) is 16.9 Å². The van der Waals surface area contributed by atoms with Crippen LogP contribution < -0.4 is 4.74 Å². The van der Waals surface area contributed by atoms with Crippen molar-refractivity contribution in [2.24, 2.45) is 0 Å². The van der Waals surface area contributed by atoms with Crippen molar-refractivity contribution in [2.45, 2.75) is 0 Å². The minimum atomic E-state index is 0.408. The number of hydrogen-bond donors (Lipinski definition) is 1. The molecule has 1 aromatic heterocycles. The minimum Gasteiger partial charge on any atom is -0.649 e. The lowest BCUT2D eigenvalue weighted by Crippen LogP contribution is -1.84. The largest absolute Gasteiger partial charge is 0.649 e. The predicted octanol–water partition coefficient (Wildman–Crippen LogP) is 4.86. The zero-order valence-corrected chi connectivity index (χ0v) is 12.6. The Hall–Kier alpha value is -2.27. The van der Waals surface area contributed by atoms with Gasteiger partial charge >= 0.3 is 0 Å². The molecule has 1 N–H and O–H groups in total. The number of fused-ring (bicyclic) bond motifs is 1. The monoisotopic (exact) mass is 340 g/mol. The molecule has 0 spiro atoms. The van der Waals surface area contributed by atoms with Crippen LogP contribution in [-0.2, 0) is 0 Å². The van der Waals surface area contributed by atoms with E-state index in [0.717, 1.165) is 38.4 Å². The van der Waals surface area contributed by atoms with Crippen LogP contribution in [0.5, 0.6) is 5.75 Å². The fraction of sp³-hybridized carbons (Fsp3) is 0.0625. The van der Waals surface area contributed by atoms with E-state index in [2.05, 4.69) is 31.4 Å². The maximum atomic E-state index is 5.46. The molecule has 4 nitrogen and oxygen atoms in total. The molecule has 0 saturated heterocycles. The fourth-order valence-corrected chi connectivity index (χ4v) is 2.76. The average Bonchev–Trinajstić information content (AvgIpc) is 3.15. The van der Waals surface area contributed by atoms with E-state index in [4.69, 9.17) is 4.74 Å². The standard InChI is InChI=1S/C16H11BrN3O/c17-12-3-1-2-10(6-12)14-8-15(20-19-14)11-4-5-13-16(7-11)21-9-18-13/h1-8H,9H2,(H,19,20)/q-1. The van der Waals surface area contributed by atoms with Crippen LogP contribution >= 0.6 is 15.9 Å². The van der Waals surface area contributed by atoms with E-state index in [1.54, 1.807) is 0 Å². The number of H-pyrrole nitrogens is 1. The highest BCUT2D eigenvalue weighted by atomic mass is 79.9. The summed E-state index contributed by atoms with van der Waals surface area (Å²) in [5.74, 6) is 0.825. The van der Waals surface area contributed by atoms with E-state index in [1.807, 2.05) is 48.5 Å². The molecule has 2 aromatic carbocycles. The molecule has 21 heavy (non-hydrogen) atoms. The van der Waals surface area contributed by atoms with Gasteiger partial charge in [-0.2, -0.15) is 5.10 Å². The minimum absolute atomic E-state index is 0.408. The Morgan fingerprint density at radius 1 is 1.10 bits per heavy atom. The first-order chi connectivity index (χ1) is 10.3. The second-order valence-electron chi connectivity index (χ2n) is 4.79. The van der Waals surface area contributed by atoms with Gasteiger partial charge in [0.05, 0.1) is 11.4 Å². The highest BCUT2D eigenvalue weighted by molar-refractivity contribution is 9.10. The first-order valence-electron chi connectivity index (χ1n) is 6.56. The number of rotatable bonds is 2. The summed E-state index contributed by atoms with van der Waals surface area (Å²) in [7, 11) is 0. The van der Waals surface area contributed by atoms with Crippen molar-refractivity contribution in [2.75, 3.05) is 6.73 Å². The molecule has 3 aromatic rings. The summed E-state index contributed by atoms with van der Waals surface area (Å²) in [6.45, 7) is 0.408. The molecule has 2 heterocycles. The Bertz CT molecular complexity index is 813. The van der Waals surface area contributed by atoms with Crippen LogP contribution in [0.3, 0.4) is 0 Å². The van der Waals surface area contributed by atoms with Crippen molar-refractivity contribution in [3.63, 3.8) is 0 Å². The summed E-state index contributed by atoms with van der Waals surface area (Å²) < 4.78 is 6.50. The van der Waals surface area contributed by atoms with E-state index in [9.17, 15) is 0 Å². The molecular weight excluding hydrogens is 330 g/mol. The molecule has 0 radical (unpaired) electrons. The number of aromatic nitrogens is 2. The van der Waals surface area contributed by atoms with Gasteiger partial charge in [-0.05, 0) is 24.3 Å². The highest BCUT2D eigenvalue weighted by Crippen LogP contribution is 2.39.